The number of benzene rings is 1. The van der Waals surface area contributed by atoms with Gasteiger partial charge in [0, 0.05) is 18.7 Å². The van der Waals surface area contributed by atoms with Crippen LogP contribution in [-0.2, 0) is 4.74 Å². The molecule has 0 bridgehead atoms. The second kappa shape index (κ2) is 8.67. The van der Waals surface area contributed by atoms with Crippen molar-refractivity contribution in [1.82, 2.24) is 15.0 Å². The Balaban J connectivity index is 1.80. The lowest BCUT2D eigenvalue weighted by Crippen LogP contribution is -2.37. The summed E-state index contributed by atoms with van der Waals surface area (Å²) in [6, 6.07) is 1.68. The third-order valence-corrected chi connectivity index (χ3v) is 5.00. The maximum atomic E-state index is 10.1. The summed E-state index contributed by atoms with van der Waals surface area (Å²) in [5, 5.41) is 23.9. The zero-order chi connectivity index (χ0) is 19.4. The Kier molecular flexibility index (Phi) is 6.29. The number of ether oxygens (including phenoxy) is 2. The molecule has 1 fully saturated rings. The van der Waals surface area contributed by atoms with Crippen LogP contribution in [0.1, 0.15) is 5.56 Å². The first kappa shape index (κ1) is 19.6. The molecule has 0 amide bonds. The molecule has 1 aromatic heterocycles. The van der Waals surface area contributed by atoms with Crippen LogP contribution in [0.3, 0.4) is 0 Å². The van der Waals surface area contributed by atoms with Gasteiger partial charge in [0.25, 0.3) is 5.95 Å². The number of phenolic OH excluding ortho intramolecular Hbond substituents is 2. The number of nitrogens with zero attached hydrogens (tertiary/aromatic N) is 5. The van der Waals surface area contributed by atoms with Gasteiger partial charge in [-0.2, -0.15) is 20.1 Å². The van der Waals surface area contributed by atoms with Crippen molar-refractivity contribution in [2.75, 3.05) is 43.7 Å². The van der Waals surface area contributed by atoms with Crippen molar-refractivity contribution < 1.29 is 19.7 Å². The summed E-state index contributed by atoms with van der Waals surface area (Å²) in [4.78, 5) is 14.6. The van der Waals surface area contributed by atoms with E-state index in [1.165, 1.54) is 19.4 Å². The monoisotopic (exact) mass is 502 g/mol. The molecule has 3 N–H and O–H groups in total. The van der Waals surface area contributed by atoms with Gasteiger partial charge < -0.3 is 24.6 Å². The zero-order valence-corrected chi connectivity index (χ0v) is 17.4. The number of morpholine rings is 1. The number of hydrazone groups is 1. The van der Waals surface area contributed by atoms with Crippen LogP contribution in [0.15, 0.2) is 20.1 Å². The van der Waals surface area contributed by atoms with Gasteiger partial charge in [-0.3, -0.25) is 0 Å². The molecule has 1 saturated heterocycles. The summed E-state index contributed by atoms with van der Waals surface area (Å²) in [5.41, 5.74) is 3.06. The van der Waals surface area contributed by atoms with E-state index >= 15 is 0 Å². The predicted molar refractivity (Wildman–Crippen MR) is 106 cm³/mol. The molecule has 2 aromatic rings. The number of aromatic hydroxyl groups is 2. The number of aromatic nitrogens is 3. The molecule has 0 spiro atoms. The van der Waals surface area contributed by atoms with E-state index in [0.29, 0.717) is 42.3 Å². The summed E-state index contributed by atoms with van der Waals surface area (Å²) in [7, 11) is 1.47. The van der Waals surface area contributed by atoms with Crippen LogP contribution in [0.25, 0.3) is 0 Å². The smallest absolute Gasteiger partial charge is 0.322 e. The number of methoxy groups -OCH3 is 1. The molecule has 3 rings (SSSR count). The highest BCUT2D eigenvalue weighted by Gasteiger charge is 2.17. The summed E-state index contributed by atoms with van der Waals surface area (Å²) < 4.78 is 11.0. The molecule has 2 heterocycles. The number of phenols is 2. The average molecular weight is 504 g/mol. The van der Waals surface area contributed by atoms with E-state index in [1.807, 2.05) is 4.90 Å². The summed E-state index contributed by atoms with van der Waals surface area (Å²) in [6.07, 6.45) is 1.37. The molecular weight excluding hydrogens is 488 g/mol. The van der Waals surface area contributed by atoms with E-state index in [9.17, 15) is 10.2 Å². The molecule has 1 aliphatic heterocycles. The fourth-order valence-electron chi connectivity index (χ4n) is 2.27. The van der Waals surface area contributed by atoms with E-state index < -0.39 is 0 Å². The van der Waals surface area contributed by atoms with Crippen LogP contribution in [0.2, 0.25) is 0 Å². The van der Waals surface area contributed by atoms with Gasteiger partial charge in [-0.1, -0.05) is 0 Å². The molecular formula is C15H16Br2N6O4. The minimum Gasteiger partial charge on any atom is -0.506 e. The second-order valence-corrected chi connectivity index (χ2v) is 7.02. The average Bonchev–Trinajstić information content (AvgIpc) is 2.70. The van der Waals surface area contributed by atoms with Crippen LogP contribution < -0.4 is 15.1 Å². The Morgan fingerprint density at radius 1 is 1.22 bits per heavy atom. The normalized spacial score (nSPS) is 14.6. The minimum atomic E-state index is -0.150. The van der Waals surface area contributed by atoms with Crippen molar-refractivity contribution in [3.8, 4) is 17.5 Å². The van der Waals surface area contributed by atoms with Gasteiger partial charge in [0.2, 0.25) is 5.95 Å². The highest BCUT2D eigenvalue weighted by atomic mass is 79.9. The maximum absolute atomic E-state index is 10.1. The van der Waals surface area contributed by atoms with E-state index in [1.54, 1.807) is 0 Å². The lowest BCUT2D eigenvalue weighted by molar-refractivity contribution is 0.122. The lowest BCUT2D eigenvalue weighted by Gasteiger charge is -2.26. The molecule has 144 valence electrons. The first-order valence-corrected chi connectivity index (χ1v) is 9.40. The molecule has 12 heteroatoms. The number of hydrogen-bond acceptors (Lipinski definition) is 10. The molecule has 0 atom stereocenters. The van der Waals surface area contributed by atoms with Crippen LogP contribution in [0.5, 0.6) is 17.5 Å². The van der Waals surface area contributed by atoms with Crippen LogP contribution in [0.4, 0.5) is 11.9 Å². The topological polar surface area (TPSA) is 125 Å². The van der Waals surface area contributed by atoms with Crippen molar-refractivity contribution in [3.05, 3.63) is 20.6 Å². The lowest BCUT2D eigenvalue weighted by atomic mass is 10.2. The summed E-state index contributed by atoms with van der Waals surface area (Å²) in [5.74, 6) is 0.398. The van der Waals surface area contributed by atoms with Gasteiger partial charge in [-0.25, -0.2) is 5.43 Å². The largest absolute Gasteiger partial charge is 0.506 e. The highest BCUT2D eigenvalue weighted by molar-refractivity contribution is 9.11. The van der Waals surface area contributed by atoms with Crippen molar-refractivity contribution in [2.24, 2.45) is 5.10 Å². The maximum Gasteiger partial charge on any atom is 0.322 e. The van der Waals surface area contributed by atoms with E-state index in [4.69, 9.17) is 9.47 Å². The quantitative estimate of drug-likeness (QED) is 0.415. The molecule has 27 heavy (non-hydrogen) atoms. The van der Waals surface area contributed by atoms with Gasteiger partial charge in [0.15, 0.2) is 0 Å². The molecule has 0 aliphatic carbocycles. The molecule has 0 saturated carbocycles. The van der Waals surface area contributed by atoms with Gasteiger partial charge in [-0.15, -0.1) is 0 Å². The first-order chi connectivity index (χ1) is 13.0. The Bertz CT molecular complexity index is 861. The van der Waals surface area contributed by atoms with Crippen LogP contribution >= 0.6 is 31.9 Å². The molecule has 10 nitrogen and oxygen atoms in total. The van der Waals surface area contributed by atoms with Crippen LogP contribution in [-0.4, -0.2) is 64.8 Å². The van der Waals surface area contributed by atoms with E-state index in [0.717, 1.165) is 0 Å². The third kappa shape index (κ3) is 4.57. The Hall–Kier alpha value is -2.18. The Morgan fingerprint density at radius 2 is 1.96 bits per heavy atom. The van der Waals surface area contributed by atoms with E-state index in [2.05, 4.69) is 57.3 Å². The highest BCUT2D eigenvalue weighted by Crippen LogP contribution is 2.40. The zero-order valence-electron chi connectivity index (χ0n) is 14.2. The summed E-state index contributed by atoms with van der Waals surface area (Å²) in [6.45, 7) is 2.52. The minimum absolute atomic E-state index is 0.102. The van der Waals surface area contributed by atoms with Crippen molar-refractivity contribution in [1.29, 1.82) is 0 Å². The third-order valence-electron chi connectivity index (χ3n) is 3.65. The van der Waals surface area contributed by atoms with Crippen molar-refractivity contribution >= 4 is 50.0 Å². The number of halogens is 2. The van der Waals surface area contributed by atoms with Gasteiger partial charge in [0.05, 0.1) is 31.0 Å². The molecule has 1 aromatic carbocycles. The second-order valence-electron chi connectivity index (χ2n) is 5.37. The number of hydrogen-bond donors (Lipinski definition) is 3. The van der Waals surface area contributed by atoms with Gasteiger partial charge in [-0.05, 0) is 37.9 Å². The number of anilines is 2. The molecule has 0 radical (unpaired) electrons. The Morgan fingerprint density at radius 3 is 2.67 bits per heavy atom. The SMILES string of the molecule is COc1nc(N/N=C/c2cc(Br)c(O)c(Br)c2O)nc(N2CCOCC2)n1. The summed E-state index contributed by atoms with van der Waals surface area (Å²) >= 11 is 6.31. The first-order valence-electron chi connectivity index (χ1n) is 7.81. The Labute approximate surface area is 171 Å². The molecule has 1 aliphatic rings. The van der Waals surface area contributed by atoms with Crippen LogP contribution in [0, 0.1) is 0 Å². The number of nitrogens with one attached hydrogen (secondary N) is 1. The van der Waals surface area contributed by atoms with Crippen molar-refractivity contribution in [3.63, 3.8) is 0 Å². The predicted octanol–water partition coefficient (Wildman–Crippen LogP) is 2.10. The fourth-order valence-corrected chi connectivity index (χ4v) is 3.42. The molecule has 0 unspecified atom stereocenters. The van der Waals surface area contributed by atoms with Gasteiger partial charge in [0.1, 0.15) is 16.0 Å². The standard InChI is InChI=1S/C15H16Br2N6O4/c1-26-15-20-13(19-14(21-15)23-2-4-27-5-3-23)22-18-7-8-6-9(16)12(25)10(17)11(8)24/h6-7,24-25H,2-5H2,1H3,(H,19,20,21,22)/b18-7+. The number of rotatable bonds is 5. The fraction of sp³-hybridized carbons (Fsp3) is 0.333. The van der Waals surface area contributed by atoms with E-state index in [-0.39, 0.29) is 27.9 Å². The van der Waals surface area contributed by atoms with Crippen molar-refractivity contribution in [2.45, 2.75) is 0 Å². The van der Waals surface area contributed by atoms with Gasteiger partial charge >= 0.3 is 6.01 Å².